The van der Waals surface area contributed by atoms with Crippen LogP contribution in [0.3, 0.4) is 0 Å². The van der Waals surface area contributed by atoms with E-state index in [4.69, 9.17) is 4.74 Å². The van der Waals surface area contributed by atoms with Crippen molar-refractivity contribution >= 4 is 17.9 Å². The minimum absolute atomic E-state index is 0.251. The van der Waals surface area contributed by atoms with Gasteiger partial charge in [-0.2, -0.15) is 0 Å². The SMILES string of the molecule is CCNC(=O)NC(=O)[C@H](OC(=O)[C@H]1CC=CCC1)c1ccccc1. The number of esters is 1. The number of allylic oxidation sites excluding steroid dienone is 2. The molecule has 6 nitrogen and oxygen atoms in total. The van der Waals surface area contributed by atoms with Crippen molar-refractivity contribution in [3.63, 3.8) is 0 Å². The van der Waals surface area contributed by atoms with Crippen LogP contribution in [0, 0.1) is 5.92 Å². The average molecular weight is 330 g/mol. The van der Waals surface area contributed by atoms with Crippen LogP contribution in [0.25, 0.3) is 0 Å². The quantitative estimate of drug-likeness (QED) is 0.641. The molecule has 2 N–H and O–H groups in total. The second-order valence-corrected chi connectivity index (χ2v) is 5.56. The van der Waals surface area contributed by atoms with E-state index in [1.807, 2.05) is 12.2 Å². The summed E-state index contributed by atoms with van der Waals surface area (Å²) in [5.41, 5.74) is 0.527. The maximum Gasteiger partial charge on any atom is 0.321 e. The van der Waals surface area contributed by atoms with Gasteiger partial charge in [-0.15, -0.1) is 0 Å². The smallest absolute Gasteiger partial charge is 0.321 e. The summed E-state index contributed by atoms with van der Waals surface area (Å²) in [5, 5.41) is 4.69. The highest BCUT2D eigenvalue weighted by Gasteiger charge is 2.29. The zero-order chi connectivity index (χ0) is 17.4. The van der Waals surface area contributed by atoms with Crippen LogP contribution in [-0.4, -0.2) is 24.5 Å². The minimum atomic E-state index is -1.15. The molecule has 0 spiro atoms. The van der Waals surface area contributed by atoms with Gasteiger partial charge in [0.25, 0.3) is 5.91 Å². The Bertz CT molecular complexity index is 613. The van der Waals surface area contributed by atoms with Gasteiger partial charge in [-0.25, -0.2) is 4.79 Å². The van der Waals surface area contributed by atoms with Crippen molar-refractivity contribution < 1.29 is 19.1 Å². The highest BCUT2D eigenvalue weighted by atomic mass is 16.5. The van der Waals surface area contributed by atoms with Crippen molar-refractivity contribution in [2.24, 2.45) is 5.92 Å². The minimum Gasteiger partial charge on any atom is -0.447 e. The third kappa shape index (κ3) is 4.94. The fraction of sp³-hybridized carbons (Fsp3) is 0.389. The summed E-state index contributed by atoms with van der Waals surface area (Å²) in [7, 11) is 0. The molecule has 1 aliphatic rings. The van der Waals surface area contributed by atoms with Crippen LogP contribution in [0.4, 0.5) is 4.79 Å². The first kappa shape index (κ1) is 17.7. The summed E-state index contributed by atoms with van der Waals surface area (Å²) in [6.07, 6.45) is 4.96. The van der Waals surface area contributed by atoms with Crippen molar-refractivity contribution in [3.05, 3.63) is 48.0 Å². The molecule has 0 saturated carbocycles. The van der Waals surface area contributed by atoms with Gasteiger partial charge in [0.15, 0.2) is 0 Å². The van der Waals surface area contributed by atoms with Gasteiger partial charge in [-0.05, 0) is 26.2 Å². The molecule has 2 rings (SSSR count). The van der Waals surface area contributed by atoms with E-state index in [0.717, 1.165) is 6.42 Å². The number of hydrogen-bond acceptors (Lipinski definition) is 4. The van der Waals surface area contributed by atoms with Crippen LogP contribution >= 0.6 is 0 Å². The lowest BCUT2D eigenvalue weighted by atomic mass is 9.94. The fourth-order valence-corrected chi connectivity index (χ4v) is 2.50. The zero-order valence-electron chi connectivity index (χ0n) is 13.7. The average Bonchev–Trinajstić information content (AvgIpc) is 2.61. The summed E-state index contributed by atoms with van der Waals surface area (Å²) >= 11 is 0. The molecular formula is C18H22N2O4. The molecule has 0 aliphatic heterocycles. The first-order valence-corrected chi connectivity index (χ1v) is 8.11. The van der Waals surface area contributed by atoms with Gasteiger partial charge in [0, 0.05) is 12.1 Å². The summed E-state index contributed by atoms with van der Waals surface area (Å²) < 4.78 is 5.45. The van der Waals surface area contributed by atoms with Gasteiger partial charge >= 0.3 is 12.0 Å². The number of ether oxygens (including phenoxy) is 1. The molecular weight excluding hydrogens is 308 g/mol. The van der Waals surface area contributed by atoms with Gasteiger partial charge < -0.3 is 10.1 Å². The van der Waals surface area contributed by atoms with E-state index < -0.39 is 24.0 Å². The highest BCUT2D eigenvalue weighted by molar-refractivity contribution is 5.97. The van der Waals surface area contributed by atoms with E-state index in [2.05, 4.69) is 10.6 Å². The molecule has 24 heavy (non-hydrogen) atoms. The van der Waals surface area contributed by atoms with Gasteiger partial charge in [0.2, 0.25) is 6.10 Å². The van der Waals surface area contributed by atoms with Crippen LogP contribution in [-0.2, 0) is 14.3 Å². The fourth-order valence-electron chi connectivity index (χ4n) is 2.50. The summed E-state index contributed by atoms with van der Waals surface area (Å²) in [5.74, 6) is -1.33. The monoisotopic (exact) mass is 330 g/mol. The van der Waals surface area contributed by atoms with Crippen molar-refractivity contribution in [2.45, 2.75) is 32.3 Å². The first-order valence-electron chi connectivity index (χ1n) is 8.11. The van der Waals surface area contributed by atoms with Crippen LogP contribution in [0.15, 0.2) is 42.5 Å². The third-order valence-corrected chi connectivity index (χ3v) is 3.75. The Balaban J connectivity index is 2.11. The van der Waals surface area contributed by atoms with Crippen LogP contribution < -0.4 is 10.6 Å². The van der Waals surface area contributed by atoms with E-state index in [9.17, 15) is 14.4 Å². The highest BCUT2D eigenvalue weighted by Crippen LogP contribution is 2.24. The van der Waals surface area contributed by atoms with E-state index in [0.29, 0.717) is 24.9 Å². The number of benzene rings is 1. The maximum atomic E-state index is 12.4. The Morgan fingerprint density at radius 2 is 1.96 bits per heavy atom. The number of nitrogens with one attached hydrogen (secondary N) is 2. The van der Waals surface area contributed by atoms with E-state index in [-0.39, 0.29) is 5.92 Å². The van der Waals surface area contributed by atoms with Crippen molar-refractivity contribution in [1.29, 1.82) is 0 Å². The normalized spacial score (nSPS) is 17.6. The number of urea groups is 1. The summed E-state index contributed by atoms with van der Waals surface area (Å²) in [6, 6.07) is 8.07. The molecule has 1 aromatic carbocycles. The van der Waals surface area contributed by atoms with Crippen LogP contribution in [0.5, 0.6) is 0 Å². The lowest BCUT2D eigenvalue weighted by molar-refractivity contribution is -0.160. The molecule has 2 atom stereocenters. The van der Waals surface area contributed by atoms with E-state index in [1.165, 1.54) is 0 Å². The largest absolute Gasteiger partial charge is 0.447 e. The second kappa shape index (κ2) is 8.86. The number of carbonyl (C=O) groups excluding carboxylic acids is 3. The second-order valence-electron chi connectivity index (χ2n) is 5.56. The summed E-state index contributed by atoms with van der Waals surface area (Å²) in [4.78, 5) is 36.3. The van der Waals surface area contributed by atoms with Crippen molar-refractivity contribution in [3.8, 4) is 0 Å². The maximum absolute atomic E-state index is 12.4. The lowest BCUT2D eigenvalue weighted by Gasteiger charge is -2.22. The predicted octanol–water partition coefficient (Wildman–Crippen LogP) is 2.47. The van der Waals surface area contributed by atoms with Gasteiger partial charge in [0.1, 0.15) is 0 Å². The first-order chi connectivity index (χ1) is 11.6. The molecule has 128 valence electrons. The molecule has 0 heterocycles. The van der Waals surface area contributed by atoms with E-state index in [1.54, 1.807) is 37.3 Å². The number of rotatable bonds is 5. The number of imide groups is 1. The zero-order valence-corrected chi connectivity index (χ0v) is 13.7. The Morgan fingerprint density at radius 3 is 2.58 bits per heavy atom. The molecule has 0 unspecified atom stereocenters. The standard InChI is InChI=1S/C18H22N2O4/c1-2-19-18(23)20-16(21)15(13-9-5-3-6-10-13)24-17(22)14-11-7-4-8-12-14/h3-7,9-10,14-15H,2,8,11-12H2,1H3,(H2,19,20,21,23)/t14-,15+/m0/s1. The Morgan fingerprint density at radius 1 is 1.21 bits per heavy atom. The Labute approximate surface area is 141 Å². The molecule has 1 aliphatic carbocycles. The lowest BCUT2D eigenvalue weighted by Crippen LogP contribution is -2.43. The van der Waals surface area contributed by atoms with Crippen molar-refractivity contribution in [2.75, 3.05) is 6.54 Å². The number of amides is 3. The molecule has 0 aromatic heterocycles. The van der Waals surface area contributed by atoms with E-state index >= 15 is 0 Å². The van der Waals surface area contributed by atoms with Crippen LogP contribution in [0.1, 0.15) is 37.9 Å². The van der Waals surface area contributed by atoms with Gasteiger partial charge in [0.05, 0.1) is 5.92 Å². The number of carbonyl (C=O) groups is 3. The number of hydrogen-bond donors (Lipinski definition) is 2. The van der Waals surface area contributed by atoms with Crippen molar-refractivity contribution in [1.82, 2.24) is 10.6 Å². The molecule has 0 bridgehead atoms. The molecule has 0 radical (unpaired) electrons. The van der Waals surface area contributed by atoms with Gasteiger partial charge in [-0.3, -0.25) is 14.9 Å². The molecule has 6 heteroatoms. The Hall–Kier alpha value is -2.63. The molecule has 3 amide bonds. The topological polar surface area (TPSA) is 84.5 Å². The van der Waals surface area contributed by atoms with Crippen LogP contribution in [0.2, 0.25) is 0 Å². The summed E-state index contributed by atoms with van der Waals surface area (Å²) in [6.45, 7) is 2.14. The third-order valence-electron chi connectivity index (χ3n) is 3.75. The molecule has 0 fully saturated rings. The molecule has 0 saturated heterocycles. The van der Waals surface area contributed by atoms with Gasteiger partial charge in [-0.1, -0.05) is 42.5 Å². The predicted molar refractivity (Wildman–Crippen MR) is 89.0 cm³/mol. The Kier molecular flexibility index (Phi) is 6.54. The molecule has 1 aromatic rings.